The predicted octanol–water partition coefficient (Wildman–Crippen LogP) is 3.36. The van der Waals surface area contributed by atoms with Crippen LogP contribution in [0.4, 0.5) is 5.00 Å². The van der Waals surface area contributed by atoms with Crippen LogP contribution in [0.5, 0.6) is 0 Å². The zero-order valence-corrected chi connectivity index (χ0v) is 16.2. The highest BCUT2D eigenvalue weighted by molar-refractivity contribution is 7.18. The van der Waals surface area contributed by atoms with E-state index in [1.165, 1.54) is 16.3 Å². The van der Waals surface area contributed by atoms with E-state index >= 15 is 0 Å². The minimum absolute atomic E-state index is 0.152. The molecular formula is C21H22N3O2S+. The lowest BCUT2D eigenvalue weighted by molar-refractivity contribution is -0.707. The van der Waals surface area contributed by atoms with Crippen molar-refractivity contribution in [1.82, 2.24) is 0 Å². The van der Waals surface area contributed by atoms with Gasteiger partial charge in [-0.1, -0.05) is 42.5 Å². The Morgan fingerprint density at radius 1 is 1.30 bits per heavy atom. The first kappa shape index (κ1) is 18.9. The second-order valence-electron chi connectivity index (χ2n) is 6.28. The molecule has 3 aromatic rings. The van der Waals surface area contributed by atoms with Gasteiger partial charge in [-0.25, -0.2) is 4.79 Å². The highest BCUT2D eigenvalue weighted by atomic mass is 32.1. The minimum atomic E-state index is -0.420. The van der Waals surface area contributed by atoms with Gasteiger partial charge in [-0.15, -0.1) is 11.3 Å². The van der Waals surface area contributed by atoms with E-state index < -0.39 is 5.97 Å². The molecule has 0 saturated carbocycles. The smallest absolute Gasteiger partial charge is 0.348 e. The Morgan fingerprint density at radius 2 is 2.04 bits per heavy atom. The zero-order chi connectivity index (χ0) is 19.4. The molecule has 0 aliphatic heterocycles. The number of nitrogen functional groups attached to an aromatic ring is 1. The van der Waals surface area contributed by atoms with E-state index in [1.54, 1.807) is 6.92 Å². The number of benzene rings is 2. The number of thiophene rings is 1. The van der Waals surface area contributed by atoms with Gasteiger partial charge < -0.3 is 15.8 Å². The van der Waals surface area contributed by atoms with Gasteiger partial charge in [0.05, 0.1) is 17.7 Å². The molecule has 5 nitrogen and oxygen atoms in total. The Bertz CT molecular complexity index is 1010. The molecule has 3 rings (SSSR count). The summed E-state index contributed by atoms with van der Waals surface area (Å²) in [5.41, 5.74) is 8.21. The van der Waals surface area contributed by atoms with Crippen molar-refractivity contribution in [2.24, 2.45) is 0 Å². The third-order valence-electron chi connectivity index (χ3n) is 4.60. The van der Waals surface area contributed by atoms with Crippen molar-refractivity contribution in [2.45, 2.75) is 26.4 Å². The van der Waals surface area contributed by atoms with Crippen LogP contribution in [0.2, 0.25) is 0 Å². The van der Waals surface area contributed by atoms with E-state index in [4.69, 9.17) is 10.5 Å². The molecule has 0 fully saturated rings. The Labute approximate surface area is 162 Å². The molecule has 0 amide bonds. The summed E-state index contributed by atoms with van der Waals surface area (Å²) >= 11 is 1.12. The van der Waals surface area contributed by atoms with Crippen molar-refractivity contribution >= 4 is 33.1 Å². The quantitative estimate of drug-likeness (QED) is 0.641. The molecule has 1 heterocycles. The van der Waals surface area contributed by atoms with Crippen molar-refractivity contribution in [2.75, 3.05) is 12.3 Å². The maximum Gasteiger partial charge on any atom is 0.348 e. The van der Waals surface area contributed by atoms with E-state index in [1.807, 2.05) is 12.1 Å². The fourth-order valence-corrected chi connectivity index (χ4v) is 4.17. The van der Waals surface area contributed by atoms with Gasteiger partial charge in [0.15, 0.2) is 0 Å². The maximum absolute atomic E-state index is 12.2. The second kappa shape index (κ2) is 8.21. The Balaban J connectivity index is 1.88. The normalized spacial score (nSPS) is 11.9. The number of rotatable bonds is 6. The van der Waals surface area contributed by atoms with Crippen LogP contribution in [0.25, 0.3) is 10.8 Å². The highest BCUT2D eigenvalue weighted by Gasteiger charge is 2.25. The van der Waals surface area contributed by atoms with Gasteiger partial charge in [-0.3, -0.25) is 0 Å². The Kier molecular flexibility index (Phi) is 5.75. The number of hydrogen-bond donors (Lipinski definition) is 2. The van der Waals surface area contributed by atoms with Crippen molar-refractivity contribution in [3.63, 3.8) is 0 Å². The largest absolute Gasteiger partial charge is 0.462 e. The van der Waals surface area contributed by atoms with Crippen molar-refractivity contribution in [3.8, 4) is 6.07 Å². The standard InChI is InChI=1S/C21H21N3O2S/c1-3-26-21(25)19-18(17(11-22)20(23)27-19)12-24-13(2)15-10-6-8-14-7-4-5-9-16(14)15/h4-10,13,24H,3,12,23H2,1-2H3/p+1/t13-/m1/s1. The van der Waals surface area contributed by atoms with E-state index in [2.05, 4.69) is 48.6 Å². The zero-order valence-electron chi connectivity index (χ0n) is 15.4. The molecule has 138 valence electrons. The van der Waals surface area contributed by atoms with Gasteiger partial charge in [0.25, 0.3) is 0 Å². The lowest BCUT2D eigenvalue weighted by Gasteiger charge is -2.14. The van der Waals surface area contributed by atoms with Crippen LogP contribution in [-0.4, -0.2) is 12.6 Å². The van der Waals surface area contributed by atoms with Gasteiger partial charge in [0, 0.05) is 5.56 Å². The monoisotopic (exact) mass is 380 g/mol. The number of nitrogens with two attached hydrogens (primary N) is 2. The average Bonchev–Trinajstić information content (AvgIpc) is 3.01. The Morgan fingerprint density at radius 3 is 2.78 bits per heavy atom. The highest BCUT2D eigenvalue weighted by Crippen LogP contribution is 2.31. The summed E-state index contributed by atoms with van der Waals surface area (Å²) in [6.45, 7) is 4.64. The number of fused-ring (bicyclic) bond motifs is 1. The van der Waals surface area contributed by atoms with Crippen LogP contribution in [0.15, 0.2) is 42.5 Å². The molecule has 0 aliphatic rings. The average molecular weight is 380 g/mol. The lowest BCUT2D eigenvalue weighted by atomic mass is 9.99. The molecule has 0 aliphatic carbocycles. The summed E-state index contributed by atoms with van der Waals surface area (Å²) in [6.07, 6.45) is 0. The van der Waals surface area contributed by atoms with E-state index in [9.17, 15) is 10.1 Å². The minimum Gasteiger partial charge on any atom is -0.462 e. The number of nitrogens with zero attached hydrogens (tertiary/aromatic N) is 1. The summed E-state index contributed by atoms with van der Waals surface area (Å²) in [5.74, 6) is -0.420. The van der Waals surface area contributed by atoms with E-state index in [-0.39, 0.29) is 12.6 Å². The number of carbonyl (C=O) groups is 1. The summed E-state index contributed by atoms with van der Waals surface area (Å²) in [4.78, 5) is 12.7. The first-order valence-electron chi connectivity index (χ1n) is 8.86. The molecule has 0 saturated heterocycles. The van der Waals surface area contributed by atoms with Gasteiger partial charge in [0.1, 0.15) is 28.5 Å². The molecule has 27 heavy (non-hydrogen) atoms. The second-order valence-corrected chi connectivity index (χ2v) is 7.33. The fraction of sp³-hybridized carbons (Fsp3) is 0.238. The number of ether oxygens (including phenoxy) is 1. The van der Waals surface area contributed by atoms with Gasteiger partial charge in [-0.05, 0) is 24.6 Å². The number of hydrogen-bond acceptors (Lipinski definition) is 5. The lowest BCUT2D eigenvalue weighted by Crippen LogP contribution is -2.83. The number of quaternary nitrogens is 1. The van der Waals surface area contributed by atoms with Crippen LogP contribution in [-0.2, 0) is 11.3 Å². The number of nitriles is 1. The van der Waals surface area contributed by atoms with Gasteiger partial charge in [-0.2, -0.15) is 5.26 Å². The summed E-state index contributed by atoms with van der Waals surface area (Å²) in [6, 6.07) is 16.8. The van der Waals surface area contributed by atoms with Crippen LogP contribution in [0.3, 0.4) is 0 Å². The molecule has 0 radical (unpaired) electrons. The maximum atomic E-state index is 12.2. The molecule has 1 atom stereocenters. The first-order chi connectivity index (χ1) is 13.1. The number of anilines is 1. The third kappa shape index (κ3) is 3.80. The third-order valence-corrected chi connectivity index (χ3v) is 5.64. The molecule has 0 bridgehead atoms. The van der Waals surface area contributed by atoms with E-state index in [0.717, 1.165) is 11.3 Å². The number of carbonyl (C=O) groups excluding carboxylic acids is 1. The molecule has 0 spiro atoms. The molecule has 4 N–H and O–H groups in total. The summed E-state index contributed by atoms with van der Waals surface area (Å²) < 4.78 is 5.12. The summed E-state index contributed by atoms with van der Waals surface area (Å²) in [5, 5.41) is 14.3. The van der Waals surface area contributed by atoms with Crippen molar-refractivity contribution in [1.29, 1.82) is 5.26 Å². The number of esters is 1. The van der Waals surface area contributed by atoms with E-state index in [0.29, 0.717) is 27.5 Å². The van der Waals surface area contributed by atoms with Gasteiger partial charge >= 0.3 is 5.97 Å². The van der Waals surface area contributed by atoms with Gasteiger partial charge in [0.2, 0.25) is 0 Å². The van der Waals surface area contributed by atoms with Crippen LogP contribution < -0.4 is 11.1 Å². The Hall–Kier alpha value is -2.88. The molecular weight excluding hydrogens is 358 g/mol. The van der Waals surface area contributed by atoms with Crippen LogP contribution in [0.1, 0.15) is 46.3 Å². The van der Waals surface area contributed by atoms with Crippen LogP contribution in [0, 0.1) is 11.3 Å². The molecule has 2 aromatic carbocycles. The molecule has 0 unspecified atom stereocenters. The van der Waals surface area contributed by atoms with Crippen LogP contribution >= 0.6 is 11.3 Å². The summed E-state index contributed by atoms with van der Waals surface area (Å²) in [7, 11) is 0. The molecule has 1 aromatic heterocycles. The fourth-order valence-electron chi connectivity index (χ4n) is 3.23. The first-order valence-corrected chi connectivity index (χ1v) is 9.67. The topological polar surface area (TPSA) is 92.7 Å². The van der Waals surface area contributed by atoms with Crippen molar-refractivity contribution < 1.29 is 14.8 Å². The van der Waals surface area contributed by atoms with Crippen molar-refractivity contribution in [3.05, 3.63) is 64.0 Å². The molecule has 6 heteroatoms. The predicted molar refractivity (Wildman–Crippen MR) is 107 cm³/mol. The SMILES string of the molecule is CCOC(=O)c1sc(N)c(C#N)c1C[NH2+][C@H](C)c1cccc2ccccc12.